The first-order valence-electron chi connectivity index (χ1n) is 0.698. The van der Waals surface area contributed by atoms with Crippen LogP contribution < -0.4 is 0 Å². The Labute approximate surface area is 60.4 Å². The Bertz CT molecular complexity index is 90.7. The van der Waals surface area contributed by atoms with Crippen LogP contribution in [0, 0.1) is 0 Å². The number of rotatable bonds is 0. The van der Waals surface area contributed by atoms with Gasteiger partial charge in [0.2, 0.25) is 0 Å². The van der Waals surface area contributed by atoms with Crippen LogP contribution in [0.1, 0.15) is 0 Å². The van der Waals surface area contributed by atoms with Crippen LogP contribution in [-0.2, 0) is 43.1 Å². The fourth-order valence-corrected chi connectivity index (χ4v) is 0. The van der Waals surface area contributed by atoms with Crippen LogP contribution >= 0.6 is 0 Å². The van der Waals surface area contributed by atoms with Crippen LogP contribution in [-0.4, -0.2) is 17.5 Å². The first kappa shape index (κ1) is 10.1. The Morgan fingerprint density at radius 3 is 1.17 bits per heavy atom. The standard InChI is InChI=1S/H2O4S.Y/c1-5(2,3)4;/h(H2,1,2,3,4);. The monoisotopic (exact) mass is 187 g/mol. The molecule has 0 spiro atoms. The van der Waals surface area contributed by atoms with E-state index in [0.717, 1.165) is 0 Å². The van der Waals surface area contributed by atoms with E-state index < -0.39 is 10.4 Å². The Hall–Kier alpha value is 0.974. The summed E-state index contributed by atoms with van der Waals surface area (Å²) in [5.74, 6) is 0. The van der Waals surface area contributed by atoms with Gasteiger partial charge in [-0.3, -0.25) is 9.11 Å². The van der Waals surface area contributed by atoms with Gasteiger partial charge in [0.15, 0.2) is 0 Å². The van der Waals surface area contributed by atoms with Crippen molar-refractivity contribution in [2.24, 2.45) is 0 Å². The molecule has 1 radical (unpaired) electrons. The van der Waals surface area contributed by atoms with Gasteiger partial charge in [-0.2, -0.15) is 8.42 Å². The summed E-state index contributed by atoms with van der Waals surface area (Å²) in [5.41, 5.74) is 0. The smallest absolute Gasteiger partial charge is 0.264 e. The van der Waals surface area contributed by atoms with Crippen molar-refractivity contribution in [1.29, 1.82) is 0 Å². The summed E-state index contributed by atoms with van der Waals surface area (Å²) in [5, 5.41) is 0. The van der Waals surface area contributed by atoms with Gasteiger partial charge < -0.3 is 0 Å². The normalized spacial score (nSPS) is 9.67. The van der Waals surface area contributed by atoms with Crippen LogP contribution in [0.2, 0.25) is 0 Å². The molecule has 6 heteroatoms. The van der Waals surface area contributed by atoms with E-state index >= 15 is 0 Å². The predicted octanol–water partition coefficient (Wildman–Crippen LogP) is -0.655. The molecule has 4 nitrogen and oxygen atoms in total. The minimum Gasteiger partial charge on any atom is -0.264 e. The molecule has 0 unspecified atom stereocenters. The largest absolute Gasteiger partial charge is 0.394 e. The van der Waals surface area contributed by atoms with Crippen LogP contribution in [0.3, 0.4) is 0 Å². The molecule has 0 bridgehead atoms. The van der Waals surface area contributed by atoms with Crippen molar-refractivity contribution in [3.8, 4) is 0 Å². The van der Waals surface area contributed by atoms with Gasteiger partial charge in [0.25, 0.3) is 0 Å². The topological polar surface area (TPSA) is 74.6 Å². The average molecular weight is 187 g/mol. The second-order valence-electron chi connectivity index (χ2n) is 0.448. The molecule has 0 aromatic heterocycles. The zero-order valence-electron chi connectivity index (χ0n) is 2.70. The van der Waals surface area contributed by atoms with E-state index in [1.165, 1.54) is 0 Å². The van der Waals surface area contributed by atoms with Crippen LogP contribution in [0.25, 0.3) is 0 Å². The first-order valence-corrected chi connectivity index (χ1v) is 2.10. The molecule has 0 saturated heterocycles. The van der Waals surface area contributed by atoms with Crippen molar-refractivity contribution < 1.29 is 50.2 Å². The zero-order chi connectivity index (χ0) is 4.50. The number of hydrogen-bond donors (Lipinski definition) is 2. The van der Waals surface area contributed by atoms with Gasteiger partial charge in [-0.25, -0.2) is 0 Å². The third kappa shape index (κ3) is 82.8. The predicted molar refractivity (Wildman–Crippen MR) is 14.2 cm³/mol. The molecule has 6 heavy (non-hydrogen) atoms. The average Bonchev–Trinajstić information content (AvgIpc) is 0.722. The third-order valence-corrected chi connectivity index (χ3v) is 0. The number of hydrogen-bond acceptors (Lipinski definition) is 2. The summed E-state index contributed by atoms with van der Waals surface area (Å²) in [6.07, 6.45) is 0. The SMILES string of the molecule is O=S(=O)(O)O.[Y]. The Morgan fingerprint density at radius 1 is 1.17 bits per heavy atom. The van der Waals surface area contributed by atoms with Gasteiger partial charge in [0.1, 0.15) is 0 Å². The van der Waals surface area contributed by atoms with Gasteiger partial charge in [-0.05, 0) is 0 Å². The molecule has 0 aromatic rings. The van der Waals surface area contributed by atoms with E-state index in [-0.39, 0.29) is 32.7 Å². The first-order chi connectivity index (χ1) is 2.00. The van der Waals surface area contributed by atoms with E-state index in [9.17, 15) is 0 Å². The van der Waals surface area contributed by atoms with Crippen molar-refractivity contribution in [3.05, 3.63) is 0 Å². The van der Waals surface area contributed by atoms with Gasteiger partial charge in [0, 0.05) is 32.7 Å². The summed E-state index contributed by atoms with van der Waals surface area (Å²) in [4.78, 5) is 0. The Kier molecular flexibility index (Phi) is 5.10. The van der Waals surface area contributed by atoms with E-state index in [1.54, 1.807) is 0 Å². The maximum atomic E-state index is 8.74. The molecule has 0 atom stereocenters. The molecule has 2 N–H and O–H groups in total. The second kappa shape index (κ2) is 3.04. The molecular weight excluding hydrogens is 185 g/mol. The molecule has 35 valence electrons. The molecular formula is H2O4SY. The Balaban J connectivity index is 0. The minimum absolute atomic E-state index is 0. The summed E-state index contributed by atoms with van der Waals surface area (Å²) in [7, 11) is -4.67. The van der Waals surface area contributed by atoms with Crippen molar-refractivity contribution in [2.75, 3.05) is 0 Å². The van der Waals surface area contributed by atoms with E-state index in [0.29, 0.717) is 0 Å². The molecule has 0 heterocycles. The summed E-state index contributed by atoms with van der Waals surface area (Å²) in [6, 6.07) is 0. The van der Waals surface area contributed by atoms with E-state index in [4.69, 9.17) is 17.5 Å². The second-order valence-corrected chi connectivity index (χ2v) is 1.34. The summed E-state index contributed by atoms with van der Waals surface area (Å²) < 4.78 is 31.6. The van der Waals surface area contributed by atoms with Crippen LogP contribution in [0.4, 0.5) is 0 Å². The molecule has 0 aliphatic heterocycles. The molecule has 0 aliphatic rings. The molecule has 0 saturated carbocycles. The van der Waals surface area contributed by atoms with Crippen LogP contribution in [0.5, 0.6) is 0 Å². The van der Waals surface area contributed by atoms with Crippen molar-refractivity contribution in [3.63, 3.8) is 0 Å². The fraction of sp³-hybridized carbons (Fsp3) is 0. The zero-order valence-corrected chi connectivity index (χ0v) is 6.35. The van der Waals surface area contributed by atoms with Gasteiger partial charge in [-0.15, -0.1) is 0 Å². The van der Waals surface area contributed by atoms with Gasteiger partial charge >= 0.3 is 10.4 Å². The van der Waals surface area contributed by atoms with E-state index in [1.807, 2.05) is 0 Å². The minimum atomic E-state index is -4.67. The van der Waals surface area contributed by atoms with Gasteiger partial charge in [-0.1, -0.05) is 0 Å². The molecule has 0 rings (SSSR count). The molecule has 0 fully saturated rings. The van der Waals surface area contributed by atoms with Crippen molar-refractivity contribution >= 4 is 10.4 Å². The van der Waals surface area contributed by atoms with Crippen molar-refractivity contribution in [1.82, 2.24) is 0 Å². The maximum Gasteiger partial charge on any atom is 0.394 e. The molecule has 0 amide bonds. The molecule has 0 aromatic carbocycles. The quantitative estimate of drug-likeness (QED) is 0.494. The molecule has 0 aliphatic carbocycles. The Morgan fingerprint density at radius 2 is 1.17 bits per heavy atom. The third-order valence-electron chi connectivity index (χ3n) is 0. The summed E-state index contributed by atoms with van der Waals surface area (Å²) >= 11 is 0. The maximum absolute atomic E-state index is 8.74. The van der Waals surface area contributed by atoms with Crippen LogP contribution in [0.15, 0.2) is 0 Å². The van der Waals surface area contributed by atoms with E-state index in [2.05, 4.69) is 0 Å². The van der Waals surface area contributed by atoms with Gasteiger partial charge in [0.05, 0.1) is 0 Å². The van der Waals surface area contributed by atoms with Crippen molar-refractivity contribution in [2.45, 2.75) is 0 Å². The fourth-order valence-electron chi connectivity index (χ4n) is 0. The summed E-state index contributed by atoms with van der Waals surface area (Å²) in [6.45, 7) is 0.